The van der Waals surface area contributed by atoms with Crippen molar-refractivity contribution in [3.63, 3.8) is 0 Å². The van der Waals surface area contributed by atoms with E-state index in [0.717, 1.165) is 16.0 Å². The van der Waals surface area contributed by atoms with Crippen LogP contribution in [0.1, 0.15) is 21.1 Å². The van der Waals surface area contributed by atoms with E-state index in [9.17, 15) is 9.18 Å². The number of anilines is 1. The van der Waals surface area contributed by atoms with Crippen molar-refractivity contribution in [2.45, 2.75) is 13.5 Å². The molecule has 6 nitrogen and oxygen atoms in total. The number of hydrogen-bond acceptors (Lipinski definition) is 6. The molecule has 28 heavy (non-hydrogen) atoms. The number of halogens is 1. The van der Waals surface area contributed by atoms with E-state index in [1.807, 2.05) is 32.0 Å². The smallest absolute Gasteiger partial charge is 0.273 e. The summed E-state index contributed by atoms with van der Waals surface area (Å²) in [5.74, 6) is 0.223. The van der Waals surface area contributed by atoms with Crippen LogP contribution in [-0.4, -0.2) is 55.1 Å². The highest BCUT2D eigenvalue weighted by molar-refractivity contribution is 7.09. The van der Waals surface area contributed by atoms with Crippen LogP contribution in [0.5, 0.6) is 0 Å². The molecule has 0 unspecified atom stereocenters. The van der Waals surface area contributed by atoms with Crippen LogP contribution < -0.4 is 4.90 Å². The zero-order valence-electron chi connectivity index (χ0n) is 16.4. The molecule has 0 N–H and O–H groups in total. The molecule has 3 rings (SSSR count). The summed E-state index contributed by atoms with van der Waals surface area (Å²) in [7, 11) is 5.36. The molecule has 3 aromatic rings. The van der Waals surface area contributed by atoms with Crippen LogP contribution in [0.3, 0.4) is 0 Å². The fraction of sp³-hybridized carbons (Fsp3) is 0.350. The third-order valence-corrected chi connectivity index (χ3v) is 5.08. The van der Waals surface area contributed by atoms with Gasteiger partial charge in [0, 0.05) is 56.7 Å². The highest BCUT2D eigenvalue weighted by atomic mass is 32.1. The lowest BCUT2D eigenvalue weighted by molar-refractivity contribution is 0.0675. The molecule has 0 bridgehead atoms. The molecule has 0 spiro atoms. The predicted octanol–water partition coefficient (Wildman–Crippen LogP) is 3.49. The molecular weight excluding hydrogens is 379 g/mol. The predicted molar refractivity (Wildman–Crippen MR) is 109 cm³/mol. The Balaban J connectivity index is 1.98. The number of hydrogen-bond donors (Lipinski definition) is 0. The number of nitrogens with zero attached hydrogens (tertiary/aromatic N) is 4. The highest BCUT2D eigenvalue weighted by Crippen LogP contribution is 2.25. The van der Waals surface area contributed by atoms with E-state index in [4.69, 9.17) is 4.74 Å². The molecule has 0 saturated heterocycles. The summed E-state index contributed by atoms with van der Waals surface area (Å²) >= 11 is 1.45. The van der Waals surface area contributed by atoms with E-state index < -0.39 is 0 Å². The molecule has 0 radical (unpaired) electrons. The number of benzene rings is 1. The Bertz CT molecular complexity index is 989. The summed E-state index contributed by atoms with van der Waals surface area (Å²) in [6.45, 7) is 3.07. The SMILES string of the molecule is COCCN(Cc1cc2ccc(F)cc2nc1N(C)C)C(=O)c1csc(C)n1. The summed E-state index contributed by atoms with van der Waals surface area (Å²) in [4.78, 5) is 25.5. The maximum Gasteiger partial charge on any atom is 0.273 e. The molecule has 0 aliphatic heterocycles. The van der Waals surface area contributed by atoms with Gasteiger partial charge < -0.3 is 14.5 Å². The number of rotatable bonds is 7. The van der Waals surface area contributed by atoms with E-state index in [-0.39, 0.29) is 11.7 Å². The summed E-state index contributed by atoms with van der Waals surface area (Å²) in [5, 5.41) is 3.44. The van der Waals surface area contributed by atoms with Crippen LogP contribution >= 0.6 is 11.3 Å². The van der Waals surface area contributed by atoms with Crippen molar-refractivity contribution in [3.8, 4) is 0 Å². The van der Waals surface area contributed by atoms with Gasteiger partial charge in [-0.25, -0.2) is 14.4 Å². The zero-order chi connectivity index (χ0) is 20.3. The van der Waals surface area contributed by atoms with E-state index in [1.165, 1.54) is 23.5 Å². The Kier molecular flexibility index (Phi) is 6.21. The molecule has 1 amide bonds. The standard InChI is InChI=1S/C20H23FN4O2S/c1-13-22-18(12-28-13)20(26)25(7-8-27-4)11-15-9-14-5-6-16(21)10-17(14)23-19(15)24(2)3/h5-6,9-10,12H,7-8,11H2,1-4H3. The molecular formula is C20H23FN4O2S. The van der Waals surface area contributed by atoms with Crippen LogP contribution in [-0.2, 0) is 11.3 Å². The van der Waals surface area contributed by atoms with E-state index in [0.29, 0.717) is 36.7 Å². The first kappa shape index (κ1) is 20.2. The Morgan fingerprint density at radius 1 is 1.25 bits per heavy atom. The molecule has 2 heterocycles. The third kappa shape index (κ3) is 4.45. The number of fused-ring (bicyclic) bond motifs is 1. The fourth-order valence-electron chi connectivity index (χ4n) is 2.96. The highest BCUT2D eigenvalue weighted by Gasteiger charge is 2.21. The maximum absolute atomic E-state index is 13.6. The number of ether oxygens (including phenoxy) is 1. The van der Waals surface area contributed by atoms with Gasteiger partial charge in [-0.3, -0.25) is 4.79 Å². The number of amides is 1. The summed E-state index contributed by atoms with van der Waals surface area (Å²) in [6, 6.07) is 6.48. The van der Waals surface area contributed by atoms with Crippen LogP contribution in [0.2, 0.25) is 0 Å². The molecule has 8 heteroatoms. The normalized spacial score (nSPS) is 11.0. The first-order valence-corrected chi connectivity index (χ1v) is 9.74. The van der Waals surface area contributed by atoms with Gasteiger partial charge in [0.05, 0.1) is 17.1 Å². The first-order chi connectivity index (χ1) is 13.4. The molecule has 2 aromatic heterocycles. The Morgan fingerprint density at radius 2 is 2.04 bits per heavy atom. The van der Waals surface area contributed by atoms with Crippen LogP contribution in [0, 0.1) is 12.7 Å². The molecule has 0 atom stereocenters. The second kappa shape index (κ2) is 8.62. The number of carbonyl (C=O) groups is 1. The molecule has 0 aliphatic rings. The minimum Gasteiger partial charge on any atom is -0.383 e. The third-order valence-electron chi connectivity index (χ3n) is 4.31. The van der Waals surface area contributed by atoms with Crippen molar-refractivity contribution in [1.29, 1.82) is 0 Å². The van der Waals surface area contributed by atoms with Crippen molar-refractivity contribution in [2.24, 2.45) is 0 Å². The lowest BCUT2D eigenvalue weighted by Crippen LogP contribution is -2.34. The van der Waals surface area contributed by atoms with Crippen molar-refractivity contribution in [3.05, 3.63) is 51.7 Å². The lowest BCUT2D eigenvalue weighted by atomic mass is 10.1. The van der Waals surface area contributed by atoms with Gasteiger partial charge in [0.1, 0.15) is 17.3 Å². The fourth-order valence-corrected chi connectivity index (χ4v) is 3.55. The number of aryl methyl sites for hydroxylation is 1. The van der Waals surface area contributed by atoms with Gasteiger partial charge in [0.2, 0.25) is 0 Å². The minimum absolute atomic E-state index is 0.148. The number of methoxy groups -OCH3 is 1. The average Bonchev–Trinajstić information content (AvgIpc) is 3.10. The largest absolute Gasteiger partial charge is 0.383 e. The molecule has 148 valence electrons. The summed E-state index contributed by atoms with van der Waals surface area (Å²) in [5.41, 5.74) is 1.89. The van der Waals surface area contributed by atoms with Gasteiger partial charge >= 0.3 is 0 Å². The van der Waals surface area contributed by atoms with E-state index in [2.05, 4.69) is 9.97 Å². The molecule has 0 fully saturated rings. The average molecular weight is 402 g/mol. The second-order valence-corrected chi connectivity index (χ2v) is 7.74. The minimum atomic E-state index is -0.326. The topological polar surface area (TPSA) is 58.6 Å². The second-order valence-electron chi connectivity index (χ2n) is 6.67. The maximum atomic E-state index is 13.6. The lowest BCUT2D eigenvalue weighted by Gasteiger charge is -2.25. The monoisotopic (exact) mass is 402 g/mol. The zero-order valence-corrected chi connectivity index (χ0v) is 17.2. The van der Waals surface area contributed by atoms with Gasteiger partial charge in [-0.15, -0.1) is 11.3 Å². The summed E-state index contributed by atoms with van der Waals surface area (Å²) < 4.78 is 18.8. The number of carbonyl (C=O) groups excluding carboxylic acids is 1. The Labute approximate surface area is 167 Å². The van der Waals surface area contributed by atoms with Gasteiger partial charge in [-0.1, -0.05) is 0 Å². The van der Waals surface area contributed by atoms with Gasteiger partial charge in [0.25, 0.3) is 5.91 Å². The van der Waals surface area contributed by atoms with Crippen LogP contribution in [0.4, 0.5) is 10.2 Å². The summed E-state index contributed by atoms with van der Waals surface area (Å²) in [6.07, 6.45) is 0. The van der Waals surface area contributed by atoms with Crippen molar-refractivity contribution < 1.29 is 13.9 Å². The molecule has 0 aliphatic carbocycles. The van der Waals surface area contributed by atoms with Crippen LogP contribution in [0.25, 0.3) is 10.9 Å². The molecule has 1 aromatic carbocycles. The Hall–Kier alpha value is -2.58. The van der Waals surface area contributed by atoms with Crippen molar-refractivity contribution in [1.82, 2.24) is 14.9 Å². The van der Waals surface area contributed by atoms with Gasteiger partial charge in [-0.05, 0) is 25.1 Å². The van der Waals surface area contributed by atoms with Crippen molar-refractivity contribution >= 4 is 34.0 Å². The molecule has 0 saturated carbocycles. The quantitative estimate of drug-likeness (QED) is 0.605. The van der Waals surface area contributed by atoms with Gasteiger partial charge in [0.15, 0.2) is 0 Å². The number of thiazole rings is 1. The van der Waals surface area contributed by atoms with Crippen molar-refractivity contribution in [2.75, 3.05) is 39.3 Å². The number of aromatic nitrogens is 2. The van der Waals surface area contributed by atoms with Gasteiger partial charge in [-0.2, -0.15) is 0 Å². The number of pyridine rings is 1. The van der Waals surface area contributed by atoms with E-state index >= 15 is 0 Å². The Morgan fingerprint density at radius 3 is 2.68 bits per heavy atom. The van der Waals surface area contributed by atoms with E-state index in [1.54, 1.807) is 23.5 Å². The van der Waals surface area contributed by atoms with Crippen LogP contribution in [0.15, 0.2) is 29.6 Å². The first-order valence-electron chi connectivity index (χ1n) is 8.86.